The number of hydrogen-bond acceptors (Lipinski definition) is 4. The Morgan fingerprint density at radius 1 is 1.17 bits per heavy atom. The van der Waals surface area contributed by atoms with Gasteiger partial charge in [0.15, 0.2) is 0 Å². The average Bonchev–Trinajstić information content (AvgIpc) is 2.56. The van der Waals surface area contributed by atoms with Crippen molar-refractivity contribution in [1.82, 2.24) is 4.90 Å². The second-order valence-corrected chi connectivity index (χ2v) is 5.78. The Labute approximate surface area is 138 Å². The lowest BCUT2D eigenvalue weighted by molar-refractivity contribution is 0.306. The van der Waals surface area contributed by atoms with Gasteiger partial charge in [0.1, 0.15) is 11.3 Å². The molecule has 2 aromatic rings. The van der Waals surface area contributed by atoms with Gasteiger partial charge in [0.25, 0.3) is 0 Å². The molecule has 1 heterocycles. The van der Waals surface area contributed by atoms with E-state index in [1.54, 1.807) is 0 Å². The molecule has 2 rings (SSSR count). The van der Waals surface area contributed by atoms with Gasteiger partial charge in [-0.1, -0.05) is 20.8 Å². The fraction of sp³-hybridized carbons (Fsp3) is 0.526. The average molecular weight is 317 g/mol. The summed E-state index contributed by atoms with van der Waals surface area (Å²) in [7, 11) is 0. The van der Waals surface area contributed by atoms with Crippen LogP contribution >= 0.6 is 0 Å². The van der Waals surface area contributed by atoms with E-state index in [0.717, 1.165) is 54.7 Å². The van der Waals surface area contributed by atoms with Gasteiger partial charge in [-0.05, 0) is 50.6 Å². The Bertz CT molecular complexity index is 702. The van der Waals surface area contributed by atoms with E-state index in [2.05, 4.69) is 25.7 Å². The molecule has 0 amide bonds. The first-order valence-corrected chi connectivity index (χ1v) is 8.52. The zero-order valence-corrected chi connectivity index (χ0v) is 14.6. The van der Waals surface area contributed by atoms with Gasteiger partial charge >= 0.3 is 5.63 Å². The Morgan fingerprint density at radius 2 is 1.91 bits per heavy atom. The van der Waals surface area contributed by atoms with Crippen LogP contribution in [0.2, 0.25) is 0 Å². The second kappa shape index (κ2) is 8.16. The summed E-state index contributed by atoms with van der Waals surface area (Å²) in [6.07, 6.45) is 1.67. The Balaban J connectivity index is 2.31. The maximum atomic E-state index is 12.3. The van der Waals surface area contributed by atoms with Crippen LogP contribution < -0.4 is 10.4 Å². The summed E-state index contributed by atoms with van der Waals surface area (Å²) in [6.45, 7) is 11.9. The van der Waals surface area contributed by atoms with Crippen molar-refractivity contribution in [3.8, 4) is 5.75 Å². The minimum atomic E-state index is -0.227. The van der Waals surface area contributed by atoms with Crippen LogP contribution in [-0.2, 0) is 6.42 Å². The molecule has 1 aromatic carbocycles. The van der Waals surface area contributed by atoms with Crippen LogP contribution in [0, 0.1) is 6.92 Å². The minimum absolute atomic E-state index is 0.227. The Kier molecular flexibility index (Phi) is 6.22. The lowest BCUT2D eigenvalue weighted by atomic mass is 10.0. The van der Waals surface area contributed by atoms with E-state index in [1.807, 2.05) is 25.1 Å². The van der Waals surface area contributed by atoms with Crippen molar-refractivity contribution in [3.05, 3.63) is 39.7 Å². The summed E-state index contributed by atoms with van der Waals surface area (Å²) in [4.78, 5) is 14.7. The summed E-state index contributed by atoms with van der Waals surface area (Å²) in [5.41, 5.74) is 2.18. The van der Waals surface area contributed by atoms with Gasteiger partial charge in [-0.25, -0.2) is 4.79 Å². The molecule has 0 N–H and O–H groups in total. The van der Waals surface area contributed by atoms with Crippen molar-refractivity contribution < 1.29 is 9.15 Å². The first kappa shape index (κ1) is 17.5. The van der Waals surface area contributed by atoms with Crippen LogP contribution in [0.4, 0.5) is 0 Å². The summed E-state index contributed by atoms with van der Waals surface area (Å²) >= 11 is 0. The fourth-order valence-electron chi connectivity index (χ4n) is 2.78. The van der Waals surface area contributed by atoms with Gasteiger partial charge in [-0.3, -0.25) is 0 Å². The molecule has 4 heteroatoms. The second-order valence-electron chi connectivity index (χ2n) is 5.78. The van der Waals surface area contributed by atoms with E-state index < -0.39 is 0 Å². The molecule has 0 atom stereocenters. The SMILES string of the molecule is CCCOc1ccc2c(C)c(CCN(CC)CC)c(=O)oc2c1. The van der Waals surface area contributed by atoms with Crippen molar-refractivity contribution in [1.29, 1.82) is 0 Å². The van der Waals surface area contributed by atoms with Gasteiger partial charge in [-0.15, -0.1) is 0 Å². The van der Waals surface area contributed by atoms with Crippen molar-refractivity contribution in [2.75, 3.05) is 26.2 Å². The third-order valence-electron chi connectivity index (χ3n) is 4.30. The molecular formula is C19H27NO3. The highest BCUT2D eigenvalue weighted by atomic mass is 16.5. The summed E-state index contributed by atoms with van der Waals surface area (Å²) in [5.74, 6) is 0.748. The molecule has 1 aromatic heterocycles. The van der Waals surface area contributed by atoms with E-state index in [9.17, 15) is 4.79 Å². The monoisotopic (exact) mass is 317 g/mol. The Hall–Kier alpha value is -1.81. The summed E-state index contributed by atoms with van der Waals surface area (Å²) in [5, 5.41) is 0.989. The topological polar surface area (TPSA) is 42.7 Å². The van der Waals surface area contributed by atoms with Crippen molar-refractivity contribution in [3.63, 3.8) is 0 Å². The smallest absolute Gasteiger partial charge is 0.339 e. The lowest BCUT2D eigenvalue weighted by Crippen LogP contribution is -2.27. The standard InChI is InChI=1S/C19H27NO3/c1-5-12-22-15-8-9-16-14(4)17(10-11-20(6-2)7-3)19(21)23-18(16)13-15/h8-9,13H,5-7,10-12H2,1-4H3. The highest BCUT2D eigenvalue weighted by Gasteiger charge is 2.13. The number of nitrogens with zero attached hydrogens (tertiary/aromatic N) is 1. The molecule has 0 radical (unpaired) electrons. The maximum Gasteiger partial charge on any atom is 0.339 e. The van der Waals surface area contributed by atoms with Crippen molar-refractivity contribution >= 4 is 11.0 Å². The van der Waals surface area contributed by atoms with E-state index in [0.29, 0.717) is 12.2 Å². The van der Waals surface area contributed by atoms with E-state index >= 15 is 0 Å². The van der Waals surface area contributed by atoms with Gasteiger partial charge in [0.05, 0.1) is 6.61 Å². The molecule has 0 bridgehead atoms. The van der Waals surface area contributed by atoms with E-state index in [-0.39, 0.29) is 5.63 Å². The highest BCUT2D eigenvalue weighted by molar-refractivity contribution is 5.82. The maximum absolute atomic E-state index is 12.3. The molecule has 0 spiro atoms. The lowest BCUT2D eigenvalue weighted by Gasteiger charge is -2.18. The predicted octanol–water partition coefficient (Wildman–Crippen LogP) is 3.77. The quantitative estimate of drug-likeness (QED) is 0.695. The summed E-state index contributed by atoms with van der Waals surface area (Å²) in [6, 6.07) is 5.74. The molecule has 0 saturated carbocycles. The molecule has 0 aliphatic heterocycles. The molecule has 23 heavy (non-hydrogen) atoms. The fourth-order valence-corrected chi connectivity index (χ4v) is 2.78. The van der Waals surface area contributed by atoms with Gasteiger partial charge in [0.2, 0.25) is 0 Å². The normalized spacial score (nSPS) is 11.3. The Morgan fingerprint density at radius 3 is 2.57 bits per heavy atom. The third kappa shape index (κ3) is 4.14. The zero-order valence-electron chi connectivity index (χ0n) is 14.6. The zero-order chi connectivity index (χ0) is 16.8. The number of aryl methyl sites for hydroxylation is 1. The molecule has 126 valence electrons. The van der Waals surface area contributed by atoms with Gasteiger partial charge < -0.3 is 14.1 Å². The number of rotatable bonds is 8. The minimum Gasteiger partial charge on any atom is -0.493 e. The van der Waals surface area contributed by atoms with E-state index in [4.69, 9.17) is 9.15 Å². The first-order valence-electron chi connectivity index (χ1n) is 8.52. The number of benzene rings is 1. The first-order chi connectivity index (χ1) is 11.1. The molecular weight excluding hydrogens is 290 g/mol. The molecule has 0 unspecified atom stereocenters. The van der Waals surface area contributed by atoms with Crippen LogP contribution in [0.15, 0.2) is 27.4 Å². The number of fused-ring (bicyclic) bond motifs is 1. The summed E-state index contributed by atoms with van der Waals surface area (Å²) < 4.78 is 11.2. The highest BCUT2D eigenvalue weighted by Crippen LogP contribution is 2.24. The molecule has 0 fully saturated rings. The van der Waals surface area contributed by atoms with Crippen LogP contribution in [-0.4, -0.2) is 31.1 Å². The van der Waals surface area contributed by atoms with Crippen LogP contribution in [0.5, 0.6) is 5.75 Å². The number of hydrogen-bond donors (Lipinski definition) is 0. The van der Waals surface area contributed by atoms with E-state index in [1.165, 1.54) is 0 Å². The number of likely N-dealkylation sites (N-methyl/N-ethyl adjacent to an activating group) is 1. The van der Waals surface area contributed by atoms with Crippen LogP contribution in [0.3, 0.4) is 0 Å². The van der Waals surface area contributed by atoms with Gasteiger partial charge in [-0.2, -0.15) is 0 Å². The largest absolute Gasteiger partial charge is 0.493 e. The number of ether oxygens (including phenoxy) is 1. The van der Waals surface area contributed by atoms with Crippen LogP contribution in [0.1, 0.15) is 38.3 Å². The van der Waals surface area contributed by atoms with Crippen LogP contribution in [0.25, 0.3) is 11.0 Å². The van der Waals surface area contributed by atoms with Gasteiger partial charge in [0, 0.05) is 23.6 Å². The molecule has 0 aliphatic rings. The van der Waals surface area contributed by atoms with Crippen molar-refractivity contribution in [2.45, 2.75) is 40.5 Å². The van der Waals surface area contributed by atoms with Crippen molar-refractivity contribution in [2.24, 2.45) is 0 Å². The molecule has 0 aliphatic carbocycles. The third-order valence-corrected chi connectivity index (χ3v) is 4.30. The molecule has 4 nitrogen and oxygen atoms in total. The predicted molar refractivity (Wildman–Crippen MR) is 94.5 cm³/mol. The molecule has 0 saturated heterocycles.